The molecule has 1 atom stereocenters. The zero-order valence-electron chi connectivity index (χ0n) is 9.52. The number of hydrogen-bond acceptors (Lipinski definition) is 5. The van der Waals surface area contributed by atoms with Gasteiger partial charge >= 0.3 is 0 Å². The van der Waals surface area contributed by atoms with Crippen LogP contribution in [0.3, 0.4) is 0 Å². The number of nitrogens with zero attached hydrogens (tertiary/aromatic N) is 1. The molecule has 18 heavy (non-hydrogen) atoms. The fourth-order valence-electron chi connectivity index (χ4n) is 1.75. The van der Waals surface area contributed by atoms with Crippen LogP contribution in [0, 0.1) is 0 Å². The summed E-state index contributed by atoms with van der Waals surface area (Å²) in [6.07, 6.45) is 0.759. The monoisotopic (exact) mass is 355 g/mol. The summed E-state index contributed by atoms with van der Waals surface area (Å²) in [5.41, 5.74) is 0.737. The minimum atomic E-state index is -3.53. The molecule has 1 aromatic rings. The van der Waals surface area contributed by atoms with Crippen LogP contribution in [0.4, 0.5) is 0 Å². The molecule has 0 saturated carbocycles. The number of pyridine rings is 1. The molecule has 0 saturated heterocycles. The van der Waals surface area contributed by atoms with Crippen molar-refractivity contribution < 1.29 is 17.3 Å². The van der Waals surface area contributed by atoms with E-state index in [1.165, 1.54) is 0 Å². The van der Waals surface area contributed by atoms with Crippen molar-refractivity contribution in [2.45, 2.75) is 18.9 Å². The molecule has 0 fully saturated rings. The summed E-state index contributed by atoms with van der Waals surface area (Å²) in [5, 5.41) is 0.382. The van der Waals surface area contributed by atoms with Gasteiger partial charge in [0, 0.05) is 0 Å². The molecule has 0 spiro atoms. The fraction of sp³-hybridized carbons (Fsp3) is 0.500. The molecule has 0 bridgehead atoms. The van der Waals surface area contributed by atoms with Crippen LogP contribution in [0.25, 0.3) is 0 Å². The third-order valence-electron chi connectivity index (χ3n) is 2.60. The molecule has 0 amide bonds. The molecule has 0 N–H and O–H groups in total. The Morgan fingerprint density at radius 3 is 3.06 bits per heavy atom. The first-order chi connectivity index (χ1) is 8.41. The van der Waals surface area contributed by atoms with E-state index in [1.54, 1.807) is 6.07 Å². The summed E-state index contributed by atoms with van der Waals surface area (Å²) in [7, 11) is -2.39. The zero-order chi connectivity index (χ0) is 13.3. The summed E-state index contributed by atoms with van der Waals surface area (Å²) in [6, 6.07) is 1.62. The van der Waals surface area contributed by atoms with E-state index in [1.807, 2.05) is 0 Å². The number of fused-ring (bicyclic) bond motifs is 1. The van der Waals surface area contributed by atoms with Gasteiger partial charge in [-0.2, -0.15) is 8.42 Å². The molecular formula is C10H11BrClNO4S. The molecule has 0 aromatic carbocycles. The lowest BCUT2D eigenvalue weighted by Crippen LogP contribution is -2.31. The van der Waals surface area contributed by atoms with Gasteiger partial charge in [-0.05, 0) is 34.8 Å². The molecule has 5 nitrogen and oxygen atoms in total. The number of halogens is 2. The average molecular weight is 357 g/mol. The maximum absolute atomic E-state index is 11.4. The van der Waals surface area contributed by atoms with Gasteiger partial charge < -0.3 is 4.74 Å². The van der Waals surface area contributed by atoms with Crippen LogP contribution in [0.2, 0.25) is 5.15 Å². The number of rotatable bonds is 3. The van der Waals surface area contributed by atoms with Crippen LogP contribution in [0.1, 0.15) is 12.1 Å². The van der Waals surface area contributed by atoms with Gasteiger partial charge in [-0.15, -0.1) is 0 Å². The topological polar surface area (TPSA) is 65.5 Å². The Morgan fingerprint density at radius 1 is 1.67 bits per heavy atom. The molecule has 8 heteroatoms. The van der Waals surface area contributed by atoms with E-state index in [4.69, 9.17) is 16.3 Å². The first-order valence-electron chi connectivity index (χ1n) is 5.21. The lowest BCUT2D eigenvalue weighted by Gasteiger charge is -2.25. The smallest absolute Gasteiger partial charge is 0.270 e. The highest BCUT2D eigenvalue weighted by molar-refractivity contribution is 9.10. The van der Waals surface area contributed by atoms with Crippen molar-refractivity contribution in [3.63, 3.8) is 0 Å². The minimum Gasteiger partial charge on any atom is -0.486 e. The van der Waals surface area contributed by atoms with Crippen molar-refractivity contribution in [3.8, 4) is 5.75 Å². The van der Waals surface area contributed by atoms with Gasteiger partial charge in [0.15, 0.2) is 5.75 Å². The molecule has 2 heterocycles. The molecule has 1 aliphatic rings. The van der Waals surface area contributed by atoms with E-state index in [-0.39, 0.29) is 5.75 Å². The molecule has 1 aliphatic heterocycles. The van der Waals surface area contributed by atoms with Crippen molar-refractivity contribution in [2.75, 3.05) is 12.9 Å². The van der Waals surface area contributed by atoms with Crippen LogP contribution in [0.15, 0.2) is 10.5 Å². The van der Waals surface area contributed by atoms with Gasteiger partial charge in [0.05, 0.1) is 17.3 Å². The van der Waals surface area contributed by atoms with Crippen molar-refractivity contribution in [2.24, 2.45) is 0 Å². The highest BCUT2D eigenvalue weighted by Gasteiger charge is 2.27. The van der Waals surface area contributed by atoms with Crippen molar-refractivity contribution in [1.29, 1.82) is 0 Å². The minimum absolute atomic E-state index is 0.169. The normalized spacial score (nSPS) is 19.2. The van der Waals surface area contributed by atoms with E-state index in [9.17, 15) is 8.42 Å². The van der Waals surface area contributed by atoms with Crippen LogP contribution in [0.5, 0.6) is 5.75 Å². The lowest BCUT2D eigenvalue weighted by atomic mass is 10.1. The summed E-state index contributed by atoms with van der Waals surface area (Å²) < 4.78 is 33.5. The summed E-state index contributed by atoms with van der Waals surface area (Å²) in [4.78, 5) is 4.16. The Hall–Kier alpha value is -0.370. The molecule has 0 radical (unpaired) electrons. The maximum atomic E-state index is 11.4. The lowest BCUT2D eigenvalue weighted by molar-refractivity contribution is 0.187. The number of aryl methyl sites for hydroxylation is 1. The van der Waals surface area contributed by atoms with E-state index >= 15 is 0 Å². The predicted octanol–water partition coefficient (Wildman–Crippen LogP) is 2.17. The standard InChI is InChI=1S/C10H11BrClNO4S/c1-16-18(14,15)5-6-2-3-8-10(17-6)7(11)4-9(12)13-8/h4,6H,2-3,5H2,1H3/t6-/m0/s1. The van der Waals surface area contributed by atoms with Crippen LogP contribution >= 0.6 is 27.5 Å². The first-order valence-corrected chi connectivity index (χ1v) is 7.96. The summed E-state index contributed by atoms with van der Waals surface area (Å²) in [6.45, 7) is 0. The van der Waals surface area contributed by atoms with E-state index in [0.29, 0.717) is 28.2 Å². The third kappa shape index (κ3) is 3.14. The summed E-state index contributed by atoms with van der Waals surface area (Å²) >= 11 is 9.16. The summed E-state index contributed by atoms with van der Waals surface area (Å²) in [5.74, 6) is 0.389. The predicted molar refractivity (Wildman–Crippen MR) is 70.5 cm³/mol. The number of hydrogen-bond donors (Lipinski definition) is 0. The molecule has 2 rings (SSSR count). The molecule has 100 valence electrons. The molecule has 0 aliphatic carbocycles. The van der Waals surface area contributed by atoms with Crippen molar-refractivity contribution >= 4 is 37.6 Å². The van der Waals surface area contributed by atoms with Crippen molar-refractivity contribution in [3.05, 3.63) is 21.4 Å². The van der Waals surface area contributed by atoms with Gasteiger partial charge in [0.2, 0.25) is 0 Å². The molecule has 0 unspecified atom stereocenters. The average Bonchev–Trinajstić information content (AvgIpc) is 2.29. The highest BCUT2D eigenvalue weighted by atomic mass is 79.9. The van der Waals surface area contributed by atoms with Crippen LogP contribution in [-0.4, -0.2) is 32.4 Å². The molecule has 1 aromatic heterocycles. The largest absolute Gasteiger partial charge is 0.486 e. The Balaban J connectivity index is 2.20. The van der Waals surface area contributed by atoms with E-state index in [2.05, 4.69) is 25.1 Å². The quantitative estimate of drug-likeness (QED) is 0.613. The Morgan fingerprint density at radius 2 is 2.39 bits per heavy atom. The first kappa shape index (κ1) is 14.0. The van der Waals surface area contributed by atoms with Crippen LogP contribution in [-0.2, 0) is 20.7 Å². The van der Waals surface area contributed by atoms with Gasteiger partial charge in [0.25, 0.3) is 10.1 Å². The van der Waals surface area contributed by atoms with Gasteiger partial charge in [-0.1, -0.05) is 11.6 Å². The number of aromatic nitrogens is 1. The van der Waals surface area contributed by atoms with Crippen LogP contribution < -0.4 is 4.74 Å². The Labute approximate surface area is 119 Å². The van der Waals surface area contributed by atoms with E-state index in [0.717, 1.165) is 12.8 Å². The van der Waals surface area contributed by atoms with Gasteiger partial charge in [0.1, 0.15) is 17.0 Å². The molecular weight excluding hydrogens is 346 g/mol. The SMILES string of the molecule is COS(=O)(=O)C[C@@H]1CCc2nc(Cl)cc(Br)c2O1. The third-order valence-corrected chi connectivity index (χ3v) is 4.67. The van der Waals surface area contributed by atoms with Crippen molar-refractivity contribution in [1.82, 2.24) is 4.98 Å². The van der Waals surface area contributed by atoms with Gasteiger partial charge in [-0.25, -0.2) is 4.98 Å². The second-order valence-corrected chi connectivity index (χ2v) is 6.90. The zero-order valence-corrected chi connectivity index (χ0v) is 12.7. The second-order valence-electron chi connectivity index (χ2n) is 3.87. The fourth-order valence-corrected chi connectivity index (χ4v) is 3.46. The van der Waals surface area contributed by atoms with Gasteiger partial charge in [-0.3, -0.25) is 4.18 Å². The maximum Gasteiger partial charge on any atom is 0.270 e. The second kappa shape index (κ2) is 5.32. The highest BCUT2D eigenvalue weighted by Crippen LogP contribution is 2.35. The van der Waals surface area contributed by atoms with E-state index < -0.39 is 16.2 Å². The Kier molecular flexibility index (Phi) is 4.15. The Bertz CT molecular complexity index is 563. The number of ether oxygens (including phenoxy) is 1.